The van der Waals surface area contributed by atoms with Crippen molar-refractivity contribution in [2.75, 3.05) is 24.7 Å². The average molecular weight is 311 g/mol. The van der Waals surface area contributed by atoms with E-state index in [4.69, 9.17) is 0 Å². The van der Waals surface area contributed by atoms with Gasteiger partial charge in [-0.3, -0.25) is 0 Å². The van der Waals surface area contributed by atoms with Crippen LogP contribution in [0.1, 0.15) is 0 Å². The summed E-state index contributed by atoms with van der Waals surface area (Å²) in [5.41, 5.74) is 2.38. The van der Waals surface area contributed by atoms with Crippen molar-refractivity contribution in [2.24, 2.45) is 7.05 Å². The lowest BCUT2D eigenvalue weighted by molar-refractivity contribution is 0.252. The number of benzene rings is 1. The molecule has 0 spiro atoms. The maximum atomic E-state index is 11.7. The molecule has 0 aliphatic carbocycles. The summed E-state index contributed by atoms with van der Waals surface area (Å²) < 4.78 is 25.9. The first kappa shape index (κ1) is 15.3. The number of nitrogens with zero attached hydrogens (tertiary/aromatic N) is 2. The van der Waals surface area contributed by atoms with Crippen LogP contribution in [0.5, 0.6) is 0 Å². The smallest absolute Gasteiger partial charge is 0.319 e. The third-order valence-corrected chi connectivity index (χ3v) is 3.49. The van der Waals surface area contributed by atoms with E-state index in [-0.39, 0.29) is 13.1 Å². The number of amides is 2. The van der Waals surface area contributed by atoms with Crippen molar-refractivity contribution >= 4 is 32.8 Å². The van der Waals surface area contributed by atoms with Crippen molar-refractivity contribution in [2.45, 2.75) is 0 Å². The molecule has 0 radical (unpaired) electrons. The highest BCUT2D eigenvalue weighted by Crippen LogP contribution is 2.17. The summed E-state index contributed by atoms with van der Waals surface area (Å²) in [7, 11) is -1.34. The van der Waals surface area contributed by atoms with Crippen LogP contribution in [0, 0.1) is 0 Å². The van der Waals surface area contributed by atoms with Gasteiger partial charge < -0.3 is 15.2 Å². The molecule has 9 heteroatoms. The first-order valence-corrected chi connectivity index (χ1v) is 8.15. The molecule has 0 bridgehead atoms. The molecule has 2 amide bonds. The molecular formula is C12H17N5O3S. The summed E-state index contributed by atoms with van der Waals surface area (Å²) in [4.78, 5) is 15.9. The number of carbonyl (C=O) groups excluding carboxylic acids is 1. The fourth-order valence-corrected chi connectivity index (χ4v) is 2.27. The molecule has 1 aromatic carbocycles. The van der Waals surface area contributed by atoms with E-state index in [1.165, 1.54) is 0 Å². The number of sulfonamides is 1. The Morgan fingerprint density at radius 3 is 2.81 bits per heavy atom. The van der Waals surface area contributed by atoms with Gasteiger partial charge in [-0.1, -0.05) is 0 Å². The number of hydrogen-bond acceptors (Lipinski definition) is 4. The van der Waals surface area contributed by atoms with E-state index in [2.05, 4.69) is 20.3 Å². The number of aromatic nitrogens is 2. The Balaban J connectivity index is 1.86. The lowest BCUT2D eigenvalue weighted by Gasteiger charge is -2.08. The largest absolute Gasteiger partial charge is 0.337 e. The van der Waals surface area contributed by atoms with Gasteiger partial charge in [-0.05, 0) is 18.2 Å². The molecule has 2 rings (SSSR count). The van der Waals surface area contributed by atoms with Crippen LogP contribution in [0.4, 0.5) is 10.5 Å². The molecule has 1 heterocycles. The van der Waals surface area contributed by atoms with Crippen LogP contribution in [0.25, 0.3) is 11.0 Å². The van der Waals surface area contributed by atoms with Crippen molar-refractivity contribution in [1.29, 1.82) is 0 Å². The Morgan fingerprint density at radius 2 is 2.10 bits per heavy atom. The predicted molar refractivity (Wildman–Crippen MR) is 80.6 cm³/mol. The third-order valence-electron chi connectivity index (χ3n) is 2.76. The Bertz CT molecular complexity index is 753. The average Bonchev–Trinajstić information content (AvgIpc) is 2.75. The van der Waals surface area contributed by atoms with Gasteiger partial charge in [-0.2, -0.15) is 0 Å². The van der Waals surface area contributed by atoms with Gasteiger partial charge in [-0.25, -0.2) is 22.9 Å². The Kier molecular flexibility index (Phi) is 4.43. The molecule has 21 heavy (non-hydrogen) atoms. The molecule has 0 saturated carbocycles. The zero-order chi connectivity index (χ0) is 15.5. The summed E-state index contributed by atoms with van der Waals surface area (Å²) in [5.74, 6) is 0. The summed E-state index contributed by atoms with van der Waals surface area (Å²) in [6.07, 6.45) is 2.76. The first-order chi connectivity index (χ1) is 9.85. The lowest BCUT2D eigenvalue weighted by Crippen LogP contribution is -2.36. The van der Waals surface area contributed by atoms with E-state index in [0.717, 1.165) is 17.3 Å². The molecule has 0 saturated heterocycles. The SMILES string of the molecule is Cn1cnc2cc(NC(=O)NCCNS(C)(=O)=O)ccc21. The Labute approximate surface area is 122 Å². The van der Waals surface area contributed by atoms with Gasteiger partial charge in [0.15, 0.2) is 0 Å². The zero-order valence-corrected chi connectivity index (χ0v) is 12.6. The van der Waals surface area contributed by atoms with Gasteiger partial charge in [0.05, 0.1) is 23.6 Å². The molecule has 3 N–H and O–H groups in total. The summed E-state index contributed by atoms with van der Waals surface area (Å²) in [5, 5.41) is 5.22. The molecule has 0 aliphatic rings. The van der Waals surface area contributed by atoms with Gasteiger partial charge in [0.25, 0.3) is 0 Å². The fourth-order valence-electron chi connectivity index (χ4n) is 1.80. The minimum Gasteiger partial charge on any atom is -0.337 e. The van der Waals surface area contributed by atoms with E-state index in [9.17, 15) is 13.2 Å². The molecule has 0 atom stereocenters. The molecule has 2 aromatic rings. The molecule has 0 aliphatic heterocycles. The van der Waals surface area contributed by atoms with Crippen molar-refractivity contribution in [3.8, 4) is 0 Å². The topological polar surface area (TPSA) is 105 Å². The normalized spacial score (nSPS) is 11.5. The van der Waals surface area contributed by atoms with E-state index in [1.54, 1.807) is 18.5 Å². The van der Waals surface area contributed by atoms with Crippen LogP contribution in [-0.4, -0.2) is 43.3 Å². The summed E-state index contributed by atoms with van der Waals surface area (Å²) >= 11 is 0. The predicted octanol–water partition coefficient (Wildman–Crippen LogP) is 0.244. The number of fused-ring (bicyclic) bond motifs is 1. The van der Waals surface area contributed by atoms with Crippen LogP contribution < -0.4 is 15.4 Å². The lowest BCUT2D eigenvalue weighted by atomic mass is 10.3. The quantitative estimate of drug-likeness (QED) is 0.688. The van der Waals surface area contributed by atoms with Crippen LogP contribution in [0.2, 0.25) is 0 Å². The fraction of sp³-hybridized carbons (Fsp3) is 0.333. The van der Waals surface area contributed by atoms with Gasteiger partial charge in [0.1, 0.15) is 0 Å². The molecule has 0 unspecified atom stereocenters. The molecule has 0 fully saturated rings. The van der Waals surface area contributed by atoms with Crippen LogP contribution in [0.15, 0.2) is 24.5 Å². The second-order valence-corrected chi connectivity index (χ2v) is 6.44. The van der Waals surface area contributed by atoms with Crippen LogP contribution >= 0.6 is 0 Å². The van der Waals surface area contributed by atoms with Gasteiger partial charge in [0.2, 0.25) is 10.0 Å². The highest BCUT2D eigenvalue weighted by Gasteiger charge is 2.05. The van der Waals surface area contributed by atoms with Crippen molar-refractivity contribution in [1.82, 2.24) is 19.6 Å². The second-order valence-electron chi connectivity index (χ2n) is 4.61. The number of anilines is 1. The molecule has 1 aromatic heterocycles. The van der Waals surface area contributed by atoms with Crippen molar-refractivity contribution < 1.29 is 13.2 Å². The van der Waals surface area contributed by atoms with Crippen molar-refractivity contribution in [3.05, 3.63) is 24.5 Å². The number of rotatable bonds is 5. The second kappa shape index (κ2) is 6.10. The number of carbonyl (C=O) groups is 1. The summed E-state index contributed by atoms with van der Waals surface area (Å²) in [6.45, 7) is 0.344. The molecule has 114 valence electrons. The minimum absolute atomic E-state index is 0.144. The number of nitrogens with one attached hydrogen (secondary N) is 3. The Morgan fingerprint density at radius 1 is 1.33 bits per heavy atom. The monoisotopic (exact) mass is 311 g/mol. The summed E-state index contributed by atoms with van der Waals surface area (Å²) in [6, 6.07) is 5.01. The number of imidazole rings is 1. The minimum atomic E-state index is -3.24. The standard InChI is InChI=1S/C12H17N5O3S/c1-17-8-14-10-7-9(3-4-11(10)17)16-12(18)13-5-6-15-21(2,19)20/h3-4,7-8,15H,5-6H2,1-2H3,(H2,13,16,18). The van der Waals surface area contributed by atoms with Crippen LogP contribution in [0.3, 0.4) is 0 Å². The van der Waals surface area contributed by atoms with Gasteiger partial charge in [-0.15, -0.1) is 0 Å². The molecular weight excluding hydrogens is 294 g/mol. The highest BCUT2D eigenvalue weighted by molar-refractivity contribution is 7.88. The van der Waals surface area contributed by atoms with Crippen LogP contribution in [-0.2, 0) is 17.1 Å². The zero-order valence-electron chi connectivity index (χ0n) is 11.8. The number of urea groups is 1. The number of aryl methyl sites for hydroxylation is 1. The maximum absolute atomic E-state index is 11.7. The van der Waals surface area contributed by atoms with E-state index < -0.39 is 16.1 Å². The Hall–Kier alpha value is -2.13. The van der Waals surface area contributed by atoms with E-state index in [1.807, 2.05) is 17.7 Å². The van der Waals surface area contributed by atoms with E-state index in [0.29, 0.717) is 5.69 Å². The van der Waals surface area contributed by atoms with Gasteiger partial charge in [0, 0.05) is 25.8 Å². The van der Waals surface area contributed by atoms with Crippen molar-refractivity contribution in [3.63, 3.8) is 0 Å². The third kappa shape index (κ3) is 4.43. The van der Waals surface area contributed by atoms with E-state index >= 15 is 0 Å². The maximum Gasteiger partial charge on any atom is 0.319 e. The highest BCUT2D eigenvalue weighted by atomic mass is 32.2. The first-order valence-electron chi connectivity index (χ1n) is 6.26. The molecule has 8 nitrogen and oxygen atoms in total. The number of hydrogen-bond donors (Lipinski definition) is 3. The van der Waals surface area contributed by atoms with Gasteiger partial charge >= 0.3 is 6.03 Å².